The van der Waals surface area contributed by atoms with Crippen LogP contribution >= 0.6 is 0 Å². The summed E-state index contributed by atoms with van der Waals surface area (Å²) < 4.78 is 22.0. The third-order valence-electron chi connectivity index (χ3n) is 4.95. The molecule has 0 unspecified atom stereocenters. The van der Waals surface area contributed by atoms with Crippen LogP contribution in [0.15, 0.2) is 42.5 Å². The lowest BCUT2D eigenvalue weighted by Gasteiger charge is -2.37. The number of methoxy groups -OCH3 is 1. The number of nitrogens with zero attached hydrogens (tertiary/aromatic N) is 1. The first-order chi connectivity index (χ1) is 14.7. The van der Waals surface area contributed by atoms with Crippen molar-refractivity contribution in [2.24, 2.45) is 0 Å². The molecule has 1 amide bonds. The van der Waals surface area contributed by atoms with Gasteiger partial charge in [-0.25, -0.2) is 4.79 Å². The van der Waals surface area contributed by atoms with Gasteiger partial charge in [-0.05, 0) is 45.4 Å². The average Bonchev–Trinajstić information content (AvgIpc) is 2.76. The summed E-state index contributed by atoms with van der Waals surface area (Å²) in [5.41, 5.74) is 0.778. The maximum absolute atomic E-state index is 13.2. The normalized spacial score (nSPS) is 13.8. The maximum Gasteiger partial charge on any atom is 0.339 e. The number of rotatable bonds is 6. The van der Waals surface area contributed by atoms with Crippen molar-refractivity contribution < 1.29 is 28.5 Å². The molecule has 0 aliphatic carbocycles. The van der Waals surface area contributed by atoms with Gasteiger partial charge in [-0.2, -0.15) is 0 Å². The highest BCUT2D eigenvalue weighted by Gasteiger charge is 2.32. The monoisotopic (exact) mass is 427 g/mol. The zero-order chi connectivity index (χ0) is 22.6. The van der Waals surface area contributed by atoms with Gasteiger partial charge in [0.15, 0.2) is 17.6 Å². The van der Waals surface area contributed by atoms with E-state index in [4.69, 9.17) is 18.9 Å². The molecule has 1 aliphatic rings. The van der Waals surface area contributed by atoms with Crippen LogP contribution in [0.4, 0.5) is 0 Å². The zero-order valence-electron chi connectivity index (χ0n) is 18.6. The standard InChI is InChI=1S/C24H29NO6/c1-16(22(26)25(24(2,3)4)15-17-9-7-6-8-10-17)31-23(27)18-13-19(28-5)21-20(14-18)29-11-12-30-21/h6-10,13-14,16H,11-12,15H2,1-5H3/t16-/m1/s1. The summed E-state index contributed by atoms with van der Waals surface area (Å²) in [6, 6.07) is 12.8. The molecular weight excluding hydrogens is 398 g/mol. The van der Waals surface area contributed by atoms with Crippen molar-refractivity contribution in [3.05, 3.63) is 53.6 Å². The number of amides is 1. The van der Waals surface area contributed by atoms with E-state index in [2.05, 4.69) is 0 Å². The molecule has 0 aromatic heterocycles. The predicted molar refractivity (Wildman–Crippen MR) is 116 cm³/mol. The van der Waals surface area contributed by atoms with Crippen molar-refractivity contribution in [3.8, 4) is 17.2 Å². The lowest BCUT2D eigenvalue weighted by molar-refractivity contribution is -0.145. The molecule has 0 spiro atoms. The minimum absolute atomic E-state index is 0.228. The lowest BCUT2D eigenvalue weighted by Crippen LogP contribution is -2.49. The Morgan fingerprint density at radius 3 is 2.42 bits per heavy atom. The van der Waals surface area contributed by atoms with E-state index in [1.165, 1.54) is 13.2 Å². The lowest BCUT2D eigenvalue weighted by atomic mass is 10.0. The Bertz CT molecular complexity index is 918. The Morgan fingerprint density at radius 2 is 1.77 bits per heavy atom. The molecule has 31 heavy (non-hydrogen) atoms. The summed E-state index contributed by atoms with van der Waals surface area (Å²) in [4.78, 5) is 27.7. The van der Waals surface area contributed by atoms with Crippen LogP contribution in [0.1, 0.15) is 43.6 Å². The Labute approximate surface area is 182 Å². The van der Waals surface area contributed by atoms with E-state index in [0.29, 0.717) is 37.0 Å². The molecule has 0 fully saturated rings. The molecule has 1 atom stereocenters. The molecule has 3 rings (SSSR count). The van der Waals surface area contributed by atoms with Crippen LogP contribution in [0.25, 0.3) is 0 Å². The van der Waals surface area contributed by atoms with E-state index in [-0.39, 0.29) is 11.5 Å². The topological polar surface area (TPSA) is 74.3 Å². The van der Waals surface area contributed by atoms with Crippen molar-refractivity contribution in [1.29, 1.82) is 0 Å². The SMILES string of the molecule is COc1cc(C(=O)O[C@H](C)C(=O)N(Cc2ccccc2)C(C)(C)C)cc2c1OCCO2. The number of carbonyl (C=O) groups excluding carboxylic acids is 2. The summed E-state index contributed by atoms with van der Waals surface area (Å²) in [6.45, 7) is 8.64. The van der Waals surface area contributed by atoms with Crippen molar-refractivity contribution in [2.75, 3.05) is 20.3 Å². The fourth-order valence-electron chi connectivity index (χ4n) is 3.30. The van der Waals surface area contributed by atoms with E-state index in [1.807, 2.05) is 51.1 Å². The van der Waals surface area contributed by atoms with Gasteiger partial charge in [-0.15, -0.1) is 0 Å². The number of hydrogen-bond donors (Lipinski definition) is 0. The zero-order valence-corrected chi connectivity index (χ0v) is 18.6. The van der Waals surface area contributed by atoms with E-state index in [0.717, 1.165) is 5.56 Å². The summed E-state index contributed by atoms with van der Waals surface area (Å²) in [6.07, 6.45) is -0.963. The number of esters is 1. The Balaban J connectivity index is 1.76. The molecular formula is C24H29NO6. The van der Waals surface area contributed by atoms with Gasteiger partial charge in [0.1, 0.15) is 13.2 Å². The van der Waals surface area contributed by atoms with Gasteiger partial charge in [0.25, 0.3) is 5.91 Å². The third kappa shape index (κ3) is 5.29. The van der Waals surface area contributed by atoms with Gasteiger partial charge in [0, 0.05) is 12.1 Å². The van der Waals surface area contributed by atoms with Gasteiger partial charge < -0.3 is 23.8 Å². The average molecular weight is 427 g/mol. The molecule has 7 nitrogen and oxygen atoms in total. The molecule has 0 saturated heterocycles. The number of benzene rings is 2. The molecule has 7 heteroatoms. The van der Waals surface area contributed by atoms with Crippen molar-refractivity contribution in [2.45, 2.75) is 45.9 Å². The minimum Gasteiger partial charge on any atom is -0.493 e. The van der Waals surface area contributed by atoms with Gasteiger partial charge >= 0.3 is 5.97 Å². The fraction of sp³-hybridized carbons (Fsp3) is 0.417. The number of ether oxygens (including phenoxy) is 4. The molecule has 0 bridgehead atoms. The minimum atomic E-state index is -0.963. The first-order valence-corrected chi connectivity index (χ1v) is 10.2. The smallest absolute Gasteiger partial charge is 0.339 e. The molecule has 0 N–H and O–H groups in total. The van der Waals surface area contributed by atoms with Crippen LogP contribution in [-0.4, -0.2) is 48.7 Å². The third-order valence-corrected chi connectivity index (χ3v) is 4.95. The summed E-state index contributed by atoms with van der Waals surface area (Å²) in [7, 11) is 1.49. The Hall–Kier alpha value is -3.22. The molecule has 1 heterocycles. The highest BCUT2D eigenvalue weighted by atomic mass is 16.6. The van der Waals surface area contributed by atoms with Crippen LogP contribution in [-0.2, 0) is 16.1 Å². The van der Waals surface area contributed by atoms with E-state index >= 15 is 0 Å². The van der Waals surface area contributed by atoms with Gasteiger partial charge in [0.05, 0.1) is 12.7 Å². The summed E-state index contributed by atoms with van der Waals surface area (Å²) >= 11 is 0. The fourth-order valence-corrected chi connectivity index (χ4v) is 3.30. The quantitative estimate of drug-likeness (QED) is 0.652. The molecule has 1 aliphatic heterocycles. The van der Waals surface area contributed by atoms with Gasteiger partial charge in [0.2, 0.25) is 5.75 Å². The first-order valence-electron chi connectivity index (χ1n) is 10.2. The summed E-state index contributed by atoms with van der Waals surface area (Å²) in [5.74, 6) is 0.343. The van der Waals surface area contributed by atoms with E-state index in [9.17, 15) is 9.59 Å². The Morgan fingerprint density at radius 1 is 1.10 bits per heavy atom. The molecule has 2 aromatic carbocycles. The van der Waals surface area contributed by atoms with Crippen molar-refractivity contribution in [3.63, 3.8) is 0 Å². The molecule has 0 radical (unpaired) electrons. The largest absolute Gasteiger partial charge is 0.493 e. The van der Waals surface area contributed by atoms with Crippen LogP contribution in [0, 0.1) is 0 Å². The molecule has 166 valence electrons. The van der Waals surface area contributed by atoms with E-state index in [1.54, 1.807) is 17.9 Å². The van der Waals surface area contributed by atoms with E-state index < -0.39 is 17.6 Å². The Kier molecular flexibility index (Phi) is 6.73. The number of hydrogen-bond acceptors (Lipinski definition) is 6. The van der Waals surface area contributed by atoms with Crippen molar-refractivity contribution in [1.82, 2.24) is 4.90 Å². The van der Waals surface area contributed by atoms with Crippen molar-refractivity contribution >= 4 is 11.9 Å². The van der Waals surface area contributed by atoms with Gasteiger partial charge in [-0.3, -0.25) is 4.79 Å². The highest BCUT2D eigenvalue weighted by Crippen LogP contribution is 2.40. The highest BCUT2D eigenvalue weighted by molar-refractivity contribution is 5.93. The second kappa shape index (κ2) is 9.29. The van der Waals surface area contributed by atoms with Crippen LogP contribution < -0.4 is 14.2 Å². The van der Waals surface area contributed by atoms with Crippen LogP contribution in [0.5, 0.6) is 17.2 Å². The first kappa shape index (κ1) is 22.5. The predicted octanol–water partition coefficient (Wildman–Crippen LogP) is 3.84. The summed E-state index contributed by atoms with van der Waals surface area (Å²) in [5, 5.41) is 0. The van der Waals surface area contributed by atoms with Crippen LogP contribution in [0.3, 0.4) is 0 Å². The molecule has 2 aromatic rings. The number of fused-ring (bicyclic) bond motifs is 1. The number of carbonyl (C=O) groups is 2. The second-order valence-electron chi connectivity index (χ2n) is 8.33. The second-order valence-corrected chi connectivity index (χ2v) is 8.33. The van der Waals surface area contributed by atoms with Crippen LogP contribution in [0.2, 0.25) is 0 Å². The maximum atomic E-state index is 13.2. The molecule has 0 saturated carbocycles. The van der Waals surface area contributed by atoms with Gasteiger partial charge in [-0.1, -0.05) is 30.3 Å².